The Balaban J connectivity index is 0.00000176. The van der Waals surface area contributed by atoms with E-state index in [1.54, 1.807) is 0 Å². The Morgan fingerprint density at radius 2 is 2.05 bits per heavy atom. The number of thioether (sulfide) groups is 1. The van der Waals surface area contributed by atoms with Crippen LogP contribution in [0.3, 0.4) is 0 Å². The predicted molar refractivity (Wildman–Crippen MR) is 108 cm³/mol. The lowest BCUT2D eigenvalue weighted by molar-refractivity contribution is 0.375. The van der Waals surface area contributed by atoms with Gasteiger partial charge in [-0.1, -0.05) is 30.3 Å². The molecule has 0 spiro atoms. The number of nitrogens with zero attached hydrogens (tertiary/aromatic N) is 2. The van der Waals surface area contributed by atoms with E-state index in [1.165, 1.54) is 17.7 Å². The summed E-state index contributed by atoms with van der Waals surface area (Å²) in [6, 6.07) is 11.4. The maximum absolute atomic E-state index is 4.51. The summed E-state index contributed by atoms with van der Waals surface area (Å²) in [5.74, 6) is 2.91. The van der Waals surface area contributed by atoms with Crippen LogP contribution in [0.1, 0.15) is 31.7 Å². The van der Waals surface area contributed by atoms with Gasteiger partial charge in [0.15, 0.2) is 5.96 Å². The molecule has 1 aliphatic heterocycles. The summed E-state index contributed by atoms with van der Waals surface area (Å²) in [5.41, 5.74) is 1.44. The quantitative estimate of drug-likeness (QED) is 0.441. The summed E-state index contributed by atoms with van der Waals surface area (Å²) in [6.45, 7) is 6.80. The Morgan fingerprint density at radius 1 is 1.32 bits per heavy atom. The summed E-state index contributed by atoms with van der Waals surface area (Å²) < 4.78 is 0.318. The topological polar surface area (TPSA) is 27.6 Å². The number of guanidine groups is 1. The normalized spacial score (nSPS) is 27.0. The molecule has 1 aromatic carbocycles. The maximum Gasteiger partial charge on any atom is 0.193 e. The van der Waals surface area contributed by atoms with Crippen LogP contribution in [0.25, 0.3) is 0 Å². The molecule has 1 N–H and O–H groups in total. The van der Waals surface area contributed by atoms with Crippen LogP contribution in [0, 0.1) is 0 Å². The number of halogens is 1. The molecular formula is C17H26IN3S. The van der Waals surface area contributed by atoms with E-state index in [2.05, 4.69) is 71.2 Å². The first-order chi connectivity index (χ1) is 10.1. The van der Waals surface area contributed by atoms with Gasteiger partial charge in [-0.2, -0.15) is 11.8 Å². The summed E-state index contributed by atoms with van der Waals surface area (Å²) in [7, 11) is 1.90. The van der Waals surface area contributed by atoms with Crippen molar-refractivity contribution in [2.75, 3.05) is 25.9 Å². The first-order valence-electron chi connectivity index (χ1n) is 7.76. The molecule has 2 unspecified atom stereocenters. The fraction of sp³-hybridized carbons (Fsp3) is 0.588. The minimum atomic E-state index is 0. The molecule has 1 heterocycles. The van der Waals surface area contributed by atoms with Crippen LogP contribution in [0.15, 0.2) is 35.3 Å². The van der Waals surface area contributed by atoms with Crippen molar-refractivity contribution in [3.63, 3.8) is 0 Å². The number of hydrogen-bond donors (Lipinski definition) is 1. The molecule has 3 nitrogen and oxygen atoms in total. The second-order valence-electron chi connectivity index (χ2n) is 6.58. The fourth-order valence-corrected chi connectivity index (χ4v) is 4.19. The highest BCUT2D eigenvalue weighted by molar-refractivity contribution is 14.0. The smallest absolute Gasteiger partial charge is 0.193 e. The van der Waals surface area contributed by atoms with Crippen molar-refractivity contribution in [3.05, 3.63) is 35.9 Å². The lowest BCUT2D eigenvalue weighted by atomic mass is 10.1. The van der Waals surface area contributed by atoms with Crippen LogP contribution < -0.4 is 5.32 Å². The molecule has 3 rings (SSSR count). The molecule has 2 aliphatic rings. The van der Waals surface area contributed by atoms with Crippen molar-refractivity contribution in [2.45, 2.75) is 37.0 Å². The first kappa shape index (κ1) is 17.9. The highest BCUT2D eigenvalue weighted by Crippen LogP contribution is 2.40. The van der Waals surface area contributed by atoms with Gasteiger partial charge in [0.25, 0.3) is 0 Å². The Kier molecular flexibility index (Phi) is 6.05. The molecule has 2 fully saturated rings. The highest BCUT2D eigenvalue weighted by atomic mass is 127. The lowest BCUT2D eigenvalue weighted by Gasteiger charge is -2.39. The second kappa shape index (κ2) is 7.43. The van der Waals surface area contributed by atoms with Crippen molar-refractivity contribution >= 4 is 41.7 Å². The van der Waals surface area contributed by atoms with Crippen molar-refractivity contribution in [1.82, 2.24) is 10.2 Å². The van der Waals surface area contributed by atoms with Crippen molar-refractivity contribution < 1.29 is 0 Å². The molecule has 0 bridgehead atoms. The molecule has 122 valence electrons. The summed E-state index contributed by atoms with van der Waals surface area (Å²) >= 11 is 2.06. The van der Waals surface area contributed by atoms with E-state index in [-0.39, 0.29) is 24.0 Å². The largest absolute Gasteiger partial charge is 0.353 e. The van der Waals surface area contributed by atoms with Crippen molar-refractivity contribution in [1.29, 1.82) is 0 Å². The minimum Gasteiger partial charge on any atom is -0.353 e. The van der Waals surface area contributed by atoms with Gasteiger partial charge < -0.3 is 10.2 Å². The van der Waals surface area contributed by atoms with E-state index in [9.17, 15) is 0 Å². The summed E-state index contributed by atoms with van der Waals surface area (Å²) in [4.78, 5) is 6.92. The summed E-state index contributed by atoms with van der Waals surface area (Å²) in [5, 5.41) is 3.66. The highest BCUT2D eigenvalue weighted by Gasteiger charge is 2.40. The zero-order valence-corrected chi connectivity index (χ0v) is 16.7. The maximum atomic E-state index is 4.51. The third kappa shape index (κ3) is 4.31. The zero-order valence-electron chi connectivity index (χ0n) is 13.6. The zero-order chi connectivity index (χ0) is 14.9. The van der Waals surface area contributed by atoms with Gasteiger partial charge in [0.05, 0.1) is 0 Å². The molecule has 1 aliphatic carbocycles. The molecule has 2 atom stereocenters. The molecule has 22 heavy (non-hydrogen) atoms. The molecule has 1 saturated heterocycles. The third-order valence-electron chi connectivity index (χ3n) is 4.27. The van der Waals surface area contributed by atoms with Gasteiger partial charge >= 0.3 is 0 Å². The van der Waals surface area contributed by atoms with Crippen molar-refractivity contribution in [2.24, 2.45) is 4.99 Å². The third-order valence-corrected chi connectivity index (χ3v) is 5.57. The first-order valence-corrected chi connectivity index (χ1v) is 8.75. The van der Waals surface area contributed by atoms with E-state index >= 15 is 0 Å². The van der Waals surface area contributed by atoms with E-state index in [4.69, 9.17) is 0 Å². The monoisotopic (exact) mass is 431 g/mol. The number of nitrogens with one attached hydrogen (secondary N) is 1. The van der Waals surface area contributed by atoms with Crippen molar-refractivity contribution in [3.8, 4) is 0 Å². The molecular weight excluding hydrogens is 405 g/mol. The van der Waals surface area contributed by atoms with Gasteiger partial charge in [0.1, 0.15) is 0 Å². The van der Waals surface area contributed by atoms with Crippen LogP contribution in [-0.2, 0) is 0 Å². The average molecular weight is 431 g/mol. The molecule has 1 aromatic rings. The van der Waals surface area contributed by atoms with E-state index < -0.39 is 0 Å². The van der Waals surface area contributed by atoms with Gasteiger partial charge in [-0.05, 0) is 25.8 Å². The Bertz CT molecular complexity index is 518. The number of rotatable bonds is 2. The summed E-state index contributed by atoms with van der Waals surface area (Å²) in [6.07, 6.45) is 1.22. The Morgan fingerprint density at radius 3 is 2.68 bits per heavy atom. The van der Waals surface area contributed by atoms with Gasteiger partial charge in [-0.25, -0.2) is 0 Å². The standard InChI is InChI=1S/C17H25N3S.HI/c1-17(2)12-20(9-10-21-17)16(18-3)19-15-11-14(15)13-7-5-4-6-8-13;/h4-8,14-15H,9-12H2,1-3H3,(H,18,19);1H. The van der Waals surface area contributed by atoms with E-state index in [1.807, 2.05) is 7.05 Å². The average Bonchev–Trinajstić information content (AvgIpc) is 3.24. The van der Waals surface area contributed by atoms with Crippen LogP contribution in [0.2, 0.25) is 0 Å². The fourth-order valence-electron chi connectivity index (χ4n) is 3.08. The minimum absolute atomic E-state index is 0. The van der Waals surface area contributed by atoms with Gasteiger partial charge in [-0.15, -0.1) is 24.0 Å². The number of benzene rings is 1. The van der Waals surface area contributed by atoms with Gasteiger partial charge in [0.2, 0.25) is 0 Å². The molecule has 0 aromatic heterocycles. The van der Waals surface area contributed by atoms with Gasteiger partial charge in [-0.3, -0.25) is 4.99 Å². The lowest BCUT2D eigenvalue weighted by Crippen LogP contribution is -2.51. The predicted octanol–water partition coefficient (Wildman–Crippen LogP) is 3.56. The second-order valence-corrected chi connectivity index (χ2v) is 8.38. The molecule has 5 heteroatoms. The SMILES string of the molecule is CN=C(NC1CC1c1ccccc1)N1CCSC(C)(C)C1.I. The number of hydrogen-bond acceptors (Lipinski definition) is 2. The molecule has 0 radical (unpaired) electrons. The van der Waals surface area contributed by atoms with E-state index in [0.717, 1.165) is 19.0 Å². The molecule has 0 amide bonds. The van der Waals surface area contributed by atoms with E-state index in [0.29, 0.717) is 16.7 Å². The van der Waals surface area contributed by atoms with Crippen LogP contribution in [0.5, 0.6) is 0 Å². The molecule has 1 saturated carbocycles. The van der Waals surface area contributed by atoms with Gasteiger partial charge in [0, 0.05) is 42.6 Å². The Hall–Kier alpha value is -0.430. The van der Waals surface area contributed by atoms with Crippen LogP contribution in [-0.4, -0.2) is 47.5 Å². The number of aliphatic imine (C=N–C) groups is 1. The van der Waals surface area contributed by atoms with Crippen LogP contribution >= 0.6 is 35.7 Å². The Labute approximate surface area is 155 Å². The van der Waals surface area contributed by atoms with Crippen LogP contribution in [0.4, 0.5) is 0 Å².